The number of fused-ring (bicyclic) bond motifs is 1. The van der Waals surface area contributed by atoms with Crippen molar-refractivity contribution >= 4 is 11.8 Å². The number of carboxylic acids is 1. The molecule has 0 radical (unpaired) electrons. The van der Waals surface area contributed by atoms with Gasteiger partial charge in [-0.25, -0.2) is 8.78 Å². The quantitative estimate of drug-likeness (QED) is 0.184. The standard InChI is InChI=1S/C23H34F2O5.Na/c1-3-5-8-15(11-14(4-2)13-26)20-18(27)12-16-21(20)23(24,25)17(22(16)30)9-6-7-10-19(28)29;/h4,9,14-16,18,20-21,26-27H,2-3,5-8,10-13H2,1H3,(H,28,29);/q;+1/p-1/t14-,15+,16+,18-,20+,21+;/m1./s1. The second-order valence-corrected chi connectivity index (χ2v) is 8.70. The number of ketones is 1. The number of aliphatic hydroxyl groups excluding tert-OH is 2. The van der Waals surface area contributed by atoms with Crippen LogP contribution < -0.4 is 34.7 Å². The molecule has 0 amide bonds. The van der Waals surface area contributed by atoms with Crippen LogP contribution in [-0.4, -0.2) is 40.6 Å². The Hall–Kier alpha value is -0.600. The van der Waals surface area contributed by atoms with E-state index in [1.165, 1.54) is 6.08 Å². The van der Waals surface area contributed by atoms with Crippen LogP contribution in [0.4, 0.5) is 8.78 Å². The zero-order valence-corrected chi connectivity index (χ0v) is 20.6. The summed E-state index contributed by atoms with van der Waals surface area (Å²) in [6.07, 6.45) is 4.54. The van der Waals surface area contributed by atoms with Gasteiger partial charge in [0.25, 0.3) is 5.92 Å². The van der Waals surface area contributed by atoms with E-state index in [-0.39, 0.29) is 73.7 Å². The number of aliphatic carboxylic acids is 1. The summed E-state index contributed by atoms with van der Waals surface area (Å²) >= 11 is 0. The largest absolute Gasteiger partial charge is 1.00 e. The van der Waals surface area contributed by atoms with Crippen molar-refractivity contribution in [3.8, 4) is 0 Å². The number of allylic oxidation sites excluding steroid dienone is 2. The molecule has 2 N–H and O–H groups in total. The van der Waals surface area contributed by atoms with Crippen molar-refractivity contribution in [3.63, 3.8) is 0 Å². The number of carbonyl (C=O) groups excluding carboxylic acids is 2. The molecule has 31 heavy (non-hydrogen) atoms. The van der Waals surface area contributed by atoms with Crippen molar-refractivity contribution in [2.24, 2.45) is 29.6 Å². The molecule has 2 saturated carbocycles. The van der Waals surface area contributed by atoms with Crippen LogP contribution in [0.25, 0.3) is 0 Å². The number of carbonyl (C=O) groups is 2. The smallest absolute Gasteiger partial charge is 0.550 e. The van der Waals surface area contributed by atoms with E-state index in [1.807, 2.05) is 6.92 Å². The van der Waals surface area contributed by atoms with Crippen molar-refractivity contribution in [3.05, 3.63) is 24.3 Å². The second kappa shape index (κ2) is 12.6. The van der Waals surface area contributed by atoms with Crippen molar-refractivity contribution < 1.29 is 63.2 Å². The van der Waals surface area contributed by atoms with E-state index in [0.29, 0.717) is 12.8 Å². The summed E-state index contributed by atoms with van der Waals surface area (Å²) in [6, 6.07) is 0. The topological polar surface area (TPSA) is 97.7 Å². The first kappa shape index (κ1) is 28.4. The molecular formula is C23H33F2NaO5. The summed E-state index contributed by atoms with van der Waals surface area (Å²) in [5.74, 6) is -8.66. The molecule has 0 aromatic carbocycles. The van der Waals surface area contributed by atoms with Crippen LogP contribution in [0, 0.1) is 29.6 Å². The van der Waals surface area contributed by atoms with Crippen LogP contribution in [0.1, 0.15) is 58.3 Å². The summed E-state index contributed by atoms with van der Waals surface area (Å²) in [4.78, 5) is 23.3. The van der Waals surface area contributed by atoms with Gasteiger partial charge in [-0.3, -0.25) is 4.79 Å². The van der Waals surface area contributed by atoms with E-state index < -0.39 is 47.1 Å². The van der Waals surface area contributed by atoms with E-state index >= 15 is 8.78 Å². The molecule has 6 atom stereocenters. The Morgan fingerprint density at radius 3 is 2.61 bits per heavy atom. The predicted molar refractivity (Wildman–Crippen MR) is 106 cm³/mol. The minimum atomic E-state index is -3.36. The molecule has 0 aliphatic heterocycles. The van der Waals surface area contributed by atoms with Crippen LogP contribution in [0.5, 0.6) is 0 Å². The molecule has 2 aliphatic carbocycles. The van der Waals surface area contributed by atoms with Gasteiger partial charge >= 0.3 is 29.6 Å². The Bertz CT molecular complexity index is 666. The molecule has 0 aromatic rings. The Morgan fingerprint density at radius 2 is 2.06 bits per heavy atom. The zero-order valence-electron chi connectivity index (χ0n) is 18.6. The maximum atomic E-state index is 15.4. The van der Waals surface area contributed by atoms with Gasteiger partial charge in [0, 0.05) is 24.4 Å². The third-order valence-corrected chi connectivity index (χ3v) is 6.75. The number of hydrogen-bond acceptors (Lipinski definition) is 5. The third kappa shape index (κ3) is 6.47. The fourth-order valence-electron chi connectivity index (χ4n) is 5.28. The number of alkyl halides is 2. The maximum absolute atomic E-state index is 15.4. The fraction of sp³-hybridized carbons (Fsp3) is 0.739. The van der Waals surface area contributed by atoms with Gasteiger partial charge in [0.05, 0.1) is 11.7 Å². The monoisotopic (exact) mass is 450 g/mol. The Kier molecular flexibility index (Phi) is 11.5. The first-order valence-corrected chi connectivity index (χ1v) is 10.9. The number of hydrogen-bond donors (Lipinski definition) is 2. The average molecular weight is 450 g/mol. The second-order valence-electron chi connectivity index (χ2n) is 8.70. The molecule has 2 fully saturated rings. The third-order valence-electron chi connectivity index (χ3n) is 6.75. The molecule has 0 saturated heterocycles. The van der Waals surface area contributed by atoms with Crippen LogP contribution in [0.3, 0.4) is 0 Å². The van der Waals surface area contributed by atoms with E-state index in [9.17, 15) is 24.9 Å². The fourth-order valence-corrected chi connectivity index (χ4v) is 5.28. The Balaban J connectivity index is 0.00000480. The molecule has 2 aliphatic rings. The molecule has 0 aromatic heterocycles. The van der Waals surface area contributed by atoms with E-state index in [2.05, 4.69) is 6.58 Å². The SMILES string of the molecule is C=C[C@@H](CO)C[C@H](CCCC)[C@@H]1[C@@H]2[C@H](C[C@H]1O)C(=O)C(=CCCCC(=O)[O-])C2(F)F.[Na+]. The van der Waals surface area contributed by atoms with Crippen molar-refractivity contribution in [1.82, 2.24) is 0 Å². The van der Waals surface area contributed by atoms with Gasteiger partial charge in [0.15, 0.2) is 5.78 Å². The molecule has 2 rings (SSSR count). The van der Waals surface area contributed by atoms with E-state index in [0.717, 1.165) is 12.8 Å². The number of carboxylic acid groups (broad SMARTS) is 1. The maximum Gasteiger partial charge on any atom is 1.00 e. The average Bonchev–Trinajstić information content (AvgIpc) is 3.13. The van der Waals surface area contributed by atoms with Gasteiger partial charge in [-0.15, -0.1) is 6.58 Å². The van der Waals surface area contributed by atoms with E-state index in [1.54, 1.807) is 6.08 Å². The molecule has 170 valence electrons. The van der Waals surface area contributed by atoms with Crippen LogP contribution in [-0.2, 0) is 9.59 Å². The molecule has 5 nitrogen and oxygen atoms in total. The van der Waals surface area contributed by atoms with Gasteiger partial charge in [-0.1, -0.05) is 38.3 Å². The van der Waals surface area contributed by atoms with Crippen molar-refractivity contribution in [2.45, 2.75) is 70.3 Å². The minimum absolute atomic E-state index is 0. The van der Waals surface area contributed by atoms with Crippen LogP contribution in [0.15, 0.2) is 24.3 Å². The zero-order chi connectivity index (χ0) is 22.5. The summed E-state index contributed by atoms with van der Waals surface area (Å²) in [5.41, 5.74) is -0.538. The molecule has 8 heteroatoms. The molecule has 0 unspecified atom stereocenters. The van der Waals surface area contributed by atoms with Gasteiger partial charge < -0.3 is 20.1 Å². The minimum Gasteiger partial charge on any atom is -0.550 e. The number of Topliss-reactive ketones (excluding diaryl/α,β-unsaturated/α-hetero) is 1. The van der Waals surface area contributed by atoms with Crippen LogP contribution in [0.2, 0.25) is 0 Å². The van der Waals surface area contributed by atoms with Crippen molar-refractivity contribution in [1.29, 1.82) is 0 Å². The van der Waals surface area contributed by atoms with Gasteiger partial charge in [0.1, 0.15) is 0 Å². The predicted octanol–water partition coefficient (Wildman–Crippen LogP) is -0.341. The normalized spacial score (nSPS) is 30.0. The van der Waals surface area contributed by atoms with Gasteiger partial charge in [-0.2, -0.15) is 0 Å². The number of halogens is 2. The first-order chi connectivity index (χ1) is 14.2. The van der Waals surface area contributed by atoms with Gasteiger partial charge in [0.2, 0.25) is 0 Å². The van der Waals surface area contributed by atoms with Crippen molar-refractivity contribution in [2.75, 3.05) is 6.61 Å². The number of unbranched alkanes of at least 4 members (excludes halogenated alkanes) is 2. The van der Waals surface area contributed by atoms with Gasteiger partial charge in [-0.05, 0) is 49.9 Å². The Morgan fingerprint density at radius 1 is 1.39 bits per heavy atom. The summed E-state index contributed by atoms with van der Waals surface area (Å²) in [7, 11) is 0. The number of rotatable bonds is 12. The van der Waals surface area contributed by atoms with E-state index in [4.69, 9.17) is 0 Å². The molecule has 0 spiro atoms. The van der Waals surface area contributed by atoms with Crippen LogP contribution >= 0.6 is 0 Å². The molecule has 0 bridgehead atoms. The number of aliphatic hydroxyl groups is 2. The summed E-state index contributed by atoms with van der Waals surface area (Å²) < 4.78 is 30.8. The molecular weight excluding hydrogens is 417 g/mol. The molecule has 0 heterocycles. The Labute approximate surface area is 205 Å². The first-order valence-electron chi connectivity index (χ1n) is 10.9. The summed E-state index contributed by atoms with van der Waals surface area (Å²) in [5, 5.41) is 30.7. The summed E-state index contributed by atoms with van der Waals surface area (Å²) in [6.45, 7) is 5.57.